The minimum atomic E-state index is 0.194. The summed E-state index contributed by atoms with van der Waals surface area (Å²) in [6.07, 6.45) is 2.14. The standard InChI is InChI=1S/C18H32N4S/c1-8-19-17(21-13-18(3,4)23-7)20-12-15-9-10-16(22(5)6)11-14(15)2/h9-11H,8,12-13H2,1-7H3,(H2,19,20,21). The molecular weight excluding hydrogens is 304 g/mol. The maximum atomic E-state index is 4.73. The van der Waals surface area contributed by atoms with Crippen LogP contribution in [0.5, 0.6) is 0 Å². The van der Waals surface area contributed by atoms with Crippen LogP contribution in [0.1, 0.15) is 31.9 Å². The minimum Gasteiger partial charge on any atom is -0.378 e. The van der Waals surface area contributed by atoms with Crippen molar-refractivity contribution in [3.05, 3.63) is 29.3 Å². The Bertz CT molecular complexity index is 524. The molecule has 2 N–H and O–H groups in total. The largest absolute Gasteiger partial charge is 0.378 e. The SMILES string of the molecule is CCNC(=NCc1ccc(N(C)C)cc1C)NCC(C)(C)SC. The quantitative estimate of drug-likeness (QED) is 0.592. The Morgan fingerprint density at radius 2 is 1.96 bits per heavy atom. The number of guanidine groups is 1. The lowest BCUT2D eigenvalue weighted by molar-refractivity contribution is 0.665. The number of nitrogens with zero attached hydrogens (tertiary/aromatic N) is 2. The van der Waals surface area contributed by atoms with Crippen LogP contribution in [-0.2, 0) is 6.54 Å². The van der Waals surface area contributed by atoms with Crippen molar-refractivity contribution < 1.29 is 0 Å². The van der Waals surface area contributed by atoms with Crippen molar-refractivity contribution in [3.63, 3.8) is 0 Å². The van der Waals surface area contributed by atoms with Crippen molar-refractivity contribution in [1.29, 1.82) is 0 Å². The highest BCUT2D eigenvalue weighted by molar-refractivity contribution is 7.99. The second-order valence-electron chi connectivity index (χ2n) is 6.52. The van der Waals surface area contributed by atoms with Gasteiger partial charge in [-0.2, -0.15) is 11.8 Å². The first-order valence-electron chi connectivity index (χ1n) is 8.13. The van der Waals surface area contributed by atoms with Crippen LogP contribution in [0.25, 0.3) is 0 Å². The Hall–Kier alpha value is -1.36. The second-order valence-corrected chi connectivity index (χ2v) is 8.03. The Morgan fingerprint density at radius 3 is 2.48 bits per heavy atom. The van der Waals surface area contributed by atoms with Gasteiger partial charge in [0, 0.05) is 37.6 Å². The molecule has 0 heterocycles. The predicted octanol–water partition coefficient (Wildman–Crippen LogP) is 3.26. The van der Waals surface area contributed by atoms with Gasteiger partial charge in [-0.1, -0.05) is 6.07 Å². The fraction of sp³-hybridized carbons (Fsp3) is 0.611. The highest BCUT2D eigenvalue weighted by Gasteiger charge is 2.16. The number of rotatable bonds is 7. The van der Waals surface area contributed by atoms with Gasteiger partial charge >= 0.3 is 0 Å². The van der Waals surface area contributed by atoms with E-state index in [4.69, 9.17) is 4.99 Å². The van der Waals surface area contributed by atoms with E-state index in [9.17, 15) is 0 Å². The van der Waals surface area contributed by atoms with E-state index in [1.54, 1.807) is 0 Å². The average molecular weight is 337 g/mol. The molecule has 0 atom stereocenters. The molecule has 0 unspecified atom stereocenters. The summed E-state index contributed by atoms with van der Waals surface area (Å²) in [6, 6.07) is 6.53. The van der Waals surface area contributed by atoms with Gasteiger partial charge in [-0.25, -0.2) is 4.99 Å². The monoisotopic (exact) mass is 336 g/mol. The van der Waals surface area contributed by atoms with Crippen LogP contribution < -0.4 is 15.5 Å². The molecule has 0 spiro atoms. The minimum absolute atomic E-state index is 0.194. The summed E-state index contributed by atoms with van der Waals surface area (Å²) in [5, 5.41) is 6.76. The lowest BCUT2D eigenvalue weighted by Crippen LogP contribution is -2.43. The topological polar surface area (TPSA) is 39.7 Å². The van der Waals surface area contributed by atoms with E-state index in [0.717, 1.165) is 19.0 Å². The van der Waals surface area contributed by atoms with Crippen molar-refractivity contribution >= 4 is 23.4 Å². The van der Waals surface area contributed by atoms with Gasteiger partial charge in [0.1, 0.15) is 0 Å². The molecule has 0 saturated carbocycles. The molecule has 4 nitrogen and oxygen atoms in total. The summed E-state index contributed by atoms with van der Waals surface area (Å²) in [7, 11) is 4.13. The molecular formula is C18H32N4S. The number of anilines is 1. The van der Waals surface area contributed by atoms with Gasteiger partial charge in [-0.05, 0) is 57.2 Å². The van der Waals surface area contributed by atoms with Gasteiger partial charge in [-0.3, -0.25) is 0 Å². The van der Waals surface area contributed by atoms with Gasteiger partial charge < -0.3 is 15.5 Å². The fourth-order valence-corrected chi connectivity index (χ4v) is 2.23. The molecule has 1 aromatic rings. The summed E-state index contributed by atoms with van der Waals surface area (Å²) in [5.41, 5.74) is 3.76. The van der Waals surface area contributed by atoms with E-state index in [1.807, 2.05) is 11.8 Å². The molecule has 0 aromatic heterocycles. The van der Waals surface area contributed by atoms with Crippen LogP contribution in [0.15, 0.2) is 23.2 Å². The molecule has 0 amide bonds. The molecule has 0 bridgehead atoms. The number of aryl methyl sites for hydroxylation is 1. The van der Waals surface area contributed by atoms with E-state index >= 15 is 0 Å². The lowest BCUT2D eigenvalue weighted by atomic mass is 10.1. The molecule has 0 aliphatic rings. The Balaban J connectivity index is 2.77. The van der Waals surface area contributed by atoms with E-state index in [2.05, 4.69) is 81.8 Å². The zero-order chi connectivity index (χ0) is 17.5. The third-order valence-electron chi connectivity index (χ3n) is 3.83. The van der Waals surface area contributed by atoms with Gasteiger partial charge in [0.05, 0.1) is 6.54 Å². The van der Waals surface area contributed by atoms with Crippen molar-refractivity contribution in [3.8, 4) is 0 Å². The molecule has 0 radical (unpaired) electrons. The van der Waals surface area contributed by atoms with E-state index < -0.39 is 0 Å². The fourth-order valence-electron chi connectivity index (χ4n) is 2.01. The maximum absolute atomic E-state index is 4.73. The molecule has 0 fully saturated rings. The maximum Gasteiger partial charge on any atom is 0.191 e. The number of thioether (sulfide) groups is 1. The van der Waals surface area contributed by atoms with Crippen LogP contribution in [0, 0.1) is 6.92 Å². The van der Waals surface area contributed by atoms with E-state index in [0.29, 0.717) is 6.54 Å². The molecule has 0 aliphatic carbocycles. The van der Waals surface area contributed by atoms with Crippen LogP contribution in [0.2, 0.25) is 0 Å². The van der Waals surface area contributed by atoms with Crippen molar-refractivity contribution in [2.24, 2.45) is 4.99 Å². The lowest BCUT2D eigenvalue weighted by Gasteiger charge is -2.23. The molecule has 1 aromatic carbocycles. The first kappa shape index (κ1) is 19.7. The van der Waals surface area contributed by atoms with Gasteiger partial charge in [0.15, 0.2) is 5.96 Å². The predicted molar refractivity (Wildman–Crippen MR) is 106 cm³/mol. The Labute approximate surface area is 146 Å². The molecule has 130 valence electrons. The van der Waals surface area contributed by atoms with Gasteiger partial charge in [-0.15, -0.1) is 0 Å². The van der Waals surface area contributed by atoms with Crippen molar-refractivity contribution in [1.82, 2.24) is 10.6 Å². The average Bonchev–Trinajstić information content (AvgIpc) is 2.51. The number of nitrogens with one attached hydrogen (secondary N) is 2. The Kier molecular flexibility index (Phi) is 7.76. The molecule has 0 aliphatic heterocycles. The highest BCUT2D eigenvalue weighted by atomic mass is 32.2. The third kappa shape index (κ3) is 6.73. The van der Waals surface area contributed by atoms with E-state index in [-0.39, 0.29) is 4.75 Å². The highest BCUT2D eigenvalue weighted by Crippen LogP contribution is 2.20. The van der Waals surface area contributed by atoms with Crippen molar-refractivity contribution in [2.45, 2.75) is 39.0 Å². The number of benzene rings is 1. The van der Waals surface area contributed by atoms with Crippen LogP contribution in [-0.4, -0.2) is 44.1 Å². The van der Waals surface area contributed by atoms with Crippen LogP contribution in [0.4, 0.5) is 5.69 Å². The third-order valence-corrected chi connectivity index (χ3v) is 5.08. The van der Waals surface area contributed by atoms with Gasteiger partial charge in [0.2, 0.25) is 0 Å². The number of hydrogen-bond acceptors (Lipinski definition) is 3. The van der Waals surface area contributed by atoms with Crippen LogP contribution in [0.3, 0.4) is 0 Å². The van der Waals surface area contributed by atoms with Gasteiger partial charge in [0.25, 0.3) is 0 Å². The molecule has 23 heavy (non-hydrogen) atoms. The van der Waals surface area contributed by atoms with Crippen molar-refractivity contribution in [2.75, 3.05) is 38.3 Å². The second kappa shape index (κ2) is 9.06. The van der Waals surface area contributed by atoms with Crippen LogP contribution >= 0.6 is 11.8 Å². The molecule has 1 rings (SSSR count). The van der Waals surface area contributed by atoms with E-state index in [1.165, 1.54) is 16.8 Å². The molecule has 5 heteroatoms. The zero-order valence-electron chi connectivity index (χ0n) is 15.7. The number of aliphatic imine (C=N–C) groups is 1. The summed E-state index contributed by atoms with van der Waals surface area (Å²) in [5.74, 6) is 0.880. The first-order valence-corrected chi connectivity index (χ1v) is 9.35. The zero-order valence-corrected chi connectivity index (χ0v) is 16.5. The summed E-state index contributed by atoms with van der Waals surface area (Å²) in [4.78, 5) is 6.85. The Morgan fingerprint density at radius 1 is 1.26 bits per heavy atom. The molecule has 0 saturated heterocycles. The first-order chi connectivity index (χ1) is 10.8. The summed E-state index contributed by atoms with van der Waals surface area (Å²) >= 11 is 1.86. The number of hydrogen-bond donors (Lipinski definition) is 2. The smallest absolute Gasteiger partial charge is 0.191 e. The normalized spacial score (nSPS) is 12.2. The summed E-state index contributed by atoms with van der Waals surface area (Å²) < 4.78 is 0.194. The summed E-state index contributed by atoms with van der Waals surface area (Å²) in [6.45, 7) is 11.1.